The molecule has 1 N–H and O–H groups in total. The molecule has 2 aromatic heterocycles. The molecule has 1 aromatic carbocycles. The Hall–Kier alpha value is -1.67. The third-order valence-corrected chi connectivity index (χ3v) is 6.66. The van der Waals surface area contributed by atoms with Crippen molar-refractivity contribution in [1.29, 1.82) is 0 Å². The number of nitrogens with one attached hydrogen (secondary N) is 1. The summed E-state index contributed by atoms with van der Waals surface area (Å²) in [5.41, 5.74) is 2.61. The van der Waals surface area contributed by atoms with E-state index < -0.39 is 0 Å². The topological polar surface area (TPSA) is 72.7 Å². The molecule has 6 nitrogen and oxygen atoms in total. The van der Waals surface area contributed by atoms with E-state index in [9.17, 15) is 4.79 Å². The van der Waals surface area contributed by atoms with Gasteiger partial charge in [-0.2, -0.15) is 0 Å². The highest BCUT2D eigenvalue weighted by Crippen LogP contribution is 2.29. The highest BCUT2D eigenvalue weighted by Gasteiger charge is 2.23. The van der Waals surface area contributed by atoms with E-state index in [-0.39, 0.29) is 5.91 Å². The minimum Gasteiger partial charge on any atom is -0.352 e. The zero-order valence-electron chi connectivity index (χ0n) is 15.4. The van der Waals surface area contributed by atoms with Crippen LogP contribution in [0.15, 0.2) is 27.8 Å². The summed E-state index contributed by atoms with van der Waals surface area (Å²) in [6.45, 7) is 2.22. The summed E-state index contributed by atoms with van der Waals surface area (Å²) in [6.07, 6.45) is 4.73. The van der Waals surface area contributed by atoms with E-state index in [1.54, 1.807) is 0 Å². The van der Waals surface area contributed by atoms with Crippen LogP contribution in [-0.2, 0) is 11.8 Å². The number of thioether (sulfide) groups is 1. The van der Waals surface area contributed by atoms with E-state index in [1.807, 2.05) is 29.8 Å². The molecular weight excluding hydrogens is 426 g/mol. The predicted octanol–water partition coefficient (Wildman–Crippen LogP) is 4.07. The van der Waals surface area contributed by atoms with Crippen LogP contribution in [0.25, 0.3) is 22.1 Å². The number of benzene rings is 1. The molecule has 1 fully saturated rings. The molecule has 0 radical (unpaired) electrons. The van der Waals surface area contributed by atoms with Crippen molar-refractivity contribution in [2.75, 3.05) is 5.75 Å². The fourth-order valence-electron chi connectivity index (χ4n) is 3.79. The highest BCUT2D eigenvalue weighted by atomic mass is 79.9. The summed E-state index contributed by atoms with van der Waals surface area (Å²) in [6, 6.07) is 6.36. The zero-order chi connectivity index (χ0) is 19.0. The number of hydrogen-bond donors (Lipinski definition) is 1. The lowest BCUT2D eigenvalue weighted by Crippen LogP contribution is -2.41. The van der Waals surface area contributed by atoms with Gasteiger partial charge in [-0.15, -0.1) is 10.2 Å². The Kier molecular flexibility index (Phi) is 5.36. The molecule has 0 bridgehead atoms. The maximum Gasteiger partial charge on any atom is 0.230 e. The van der Waals surface area contributed by atoms with Crippen LogP contribution in [-0.4, -0.2) is 37.5 Å². The molecule has 4 rings (SSSR count). The molecule has 0 aliphatic heterocycles. The fourth-order valence-corrected chi connectivity index (χ4v) is 4.74. The van der Waals surface area contributed by atoms with E-state index in [0.29, 0.717) is 22.9 Å². The van der Waals surface area contributed by atoms with Crippen molar-refractivity contribution in [2.24, 2.45) is 13.0 Å². The lowest BCUT2D eigenvalue weighted by atomic mass is 9.86. The van der Waals surface area contributed by atoms with Crippen LogP contribution in [0.5, 0.6) is 0 Å². The van der Waals surface area contributed by atoms with Gasteiger partial charge in [0, 0.05) is 22.9 Å². The van der Waals surface area contributed by atoms with Gasteiger partial charge in [0.2, 0.25) is 11.1 Å². The summed E-state index contributed by atoms with van der Waals surface area (Å²) in [4.78, 5) is 17.0. The largest absolute Gasteiger partial charge is 0.352 e. The molecule has 3 aromatic rings. The van der Waals surface area contributed by atoms with Crippen LogP contribution < -0.4 is 5.32 Å². The summed E-state index contributed by atoms with van der Waals surface area (Å²) in [7, 11) is 1.97. The SMILES string of the molecule is C[C@H]1CCCC[C@H]1NC(=O)CSc1nnc2c3cc(Br)ccc3n(C)c2n1. The fraction of sp³-hybridized carbons (Fsp3) is 0.474. The first-order valence-corrected chi connectivity index (χ1v) is 11.0. The number of rotatable bonds is 4. The maximum absolute atomic E-state index is 12.3. The molecule has 0 unspecified atom stereocenters. The predicted molar refractivity (Wildman–Crippen MR) is 112 cm³/mol. The standard InChI is InChI=1S/C19H22BrN5OS/c1-11-5-3-4-6-14(11)21-16(26)10-27-19-22-18-17(23-24-19)13-9-12(20)7-8-15(13)25(18)2/h7-9,11,14H,3-6,10H2,1-2H3,(H,21,26)/t11-,14+/m0/s1. The second kappa shape index (κ2) is 7.75. The third-order valence-electron chi connectivity index (χ3n) is 5.33. The number of halogens is 1. The lowest BCUT2D eigenvalue weighted by Gasteiger charge is -2.29. The van der Waals surface area contributed by atoms with E-state index in [1.165, 1.54) is 31.0 Å². The van der Waals surface area contributed by atoms with Gasteiger partial charge < -0.3 is 9.88 Å². The van der Waals surface area contributed by atoms with E-state index >= 15 is 0 Å². The highest BCUT2D eigenvalue weighted by molar-refractivity contribution is 9.10. The maximum atomic E-state index is 12.3. The number of carbonyl (C=O) groups excluding carboxylic acids is 1. The number of aromatic nitrogens is 4. The van der Waals surface area contributed by atoms with Gasteiger partial charge in [0.1, 0.15) is 5.52 Å². The van der Waals surface area contributed by atoms with Crippen LogP contribution in [0, 0.1) is 5.92 Å². The van der Waals surface area contributed by atoms with E-state index in [0.717, 1.165) is 33.0 Å². The number of hydrogen-bond acceptors (Lipinski definition) is 5. The van der Waals surface area contributed by atoms with Gasteiger partial charge in [0.15, 0.2) is 5.65 Å². The Labute approximate surface area is 170 Å². The molecule has 142 valence electrons. The van der Waals surface area contributed by atoms with Crippen LogP contribution in [0.2, 0.25) is 0 Å². The van der Waals surface area contributed by atoms with Crippen molar-refractivity contribution < 1.29 is 4.79 Å². The molecule has 0 saturated heterocycles. The van der Waals surface area contributed by atoms with Crippen molar-refractivity contribution in [3.05, 3.63) is 22.7 Å². The molecule has 1 aliphatic carbocycles. The first-order valence-electron chi connectivity index (χ1n) is 9.23. The molecule has 1 amide bonds. The van der Waals surface area contributed by atoms with Gasteiger partial charge >= 0.3 is 0 Å². The first kappa shape index (κ1) is 18.7. The Bertz CT molecular complexity index is 1000. The summed E-state index contributed by atoms with van der Waals surface area (Å²) in [5, 5.41) is 13.3. The second-order valence-electron chi connectivity index (χ2n) is 7.21. The molecule has 8 heteroatoms. The average molecular weight is 448 g/mol. The second-order valence-corrected chi connectivity index (χ2v) is 9.07. The van der Waals surface area contributed by atoms with Crippen molar-refractivity contribution in [2.45, 2.75) is 43.8 Å². The summed E-state index contributed by atoms with van der Waals surface area (Å²) in [5.74, 6) is 0.909. The molecule has 1 aliphatic rings. The number of nitrogens with zero attached hydrogens (tertiary/aromatic N) is 4. The van der Waals surface area contributed by atoms with Crippen LogP contribution in [0.4, 0.5) is 0 Å². The van der Waals surface area contributed by atoms with Gasteiger partial charge in [-0.25, -0.2) is 4.98 Å². The Morgan fingerprint density at radius 3 is 2.96 bits per heavy atom. The zero-order valence-corrected chi connectivity index (χ0v) is 17.8. The molecule has 0 spiro atoms. The van der Waals surface area contributed by atoms with Gasteiger partial charge in [0.25, 0.3) is 0 Å². The van der Waals surface area contributed by atoms with Crippen LogP contribution in [0.3, 0.4) is 0 Å². The smallest absolute Gasteiger partial charge is 0.230 e. The molecular formula is C19H22BrN5OS. The Balaban J connectivity index is 1.48. The lowest BCUT2D eigenvalue weighted by molar-refractivity contribution is -0.119. The quantitative estimate of drug-likeness (QED) is 0.610. The van der Waals surface area contributed by atoms with Gasteiger partial charge in [0.05, 0.1) is 11.3 Å². The Morgan fingerprint density at radius 2 is 2.15 bits per heavy atom. The van der Waals surface area contributed by atoms with Crippen molar-refractivity contribution in [1.82, 2.24) is 25.1 Å². The third kappa shape index (κ3) is 3.82. The first-order chi connectivity index (χ1) is 13.0. The van der Waals surface area contributed by atoms with Crippen LogP contribution in [0.1, 0.15) is 32.6 Å². The van der Waals surface area contributed by atoms with Crippen molar-refractivity contribution in [3.63, 3.8) is 0 Å². The monoisotopic (exact) mass is 447 g/mol. The van der Waals surface area contributed by atoms with Gasteiger partial charge in [-0.1, -0.05) is 47.5 Å². The minimum absolute atomic E-state index is 0.0448. The number of aryl methyl sites for hydroxylation is 1. The number of amides is 1. The molecule has 2 atom stereocenters. The van der Waals surface area contributed by atoms with E-state index in [2.05, 4.69) is 43.4 Å². The van der Waals surface area contributed by atoms with Gasteiger partial charge in [-0.05, 0) is 37.0 Å². The van der Waals surface area contributed by atoms with Crippen LogP contribution >= 0.6 is 27.7 Å². The average Bonchev–Trinajstić information content (AvgIpc) is 2.93. The van der Waals surface area contributed by atoms with Crippen molar-refractivity contribution in [3.8, 4) is 0 Å². The molecule has 1 saturated carbocycles. The molecule has 2 heterocycles. The molecule has 27 heavy (non-hydrogen) atoms. The van der Waals surface area contributed by atoms with Crippen molar-refractivity contribution >= 4 is 55.7 Å². The number of fused-ring (bicyclic) bond motifs is 3. The summed E-state index contributed by atoms with van der Waals surface area (Å²) < 4.78 is 3.01. The normalized spacial score (nSPS) is 20.3. The minimum atomic E-state index is 0.0448. The number of carbonyl (C=O) groups is 1. The summed E-state index contributed by atoms with van der Waals surface area (Å²) >= 11 is 4.84. The Morgan fingerprint density at radius 1 is 1.33 bits per heavy atom. The van der Waals surface area contributed by atoms with E-state index in [4.69, 9.17) is 0 Å². The van der Waals surface area contributed by atoms with Gasteiger partial charge in [-0.3, -0.25) is 4.79 Å².